The highest BCUT2D eigenvalue weighted by Gasteiger charge is 2.18. The molecule has 0 saturated heterocycles. The van der Waals surface area contributed by atoms with Gasteiger partial charge in [0.15, 0.2) is 17.5 Å². The Hall–Kier alpha value is -6.91. The zero-order chi connectivity index (χ0) is 33.7. The molecule has 4 nitrogen and oxygen atoms in total. The number of aromatic nitrogens is 3. The highest BCUT2D eigenvalue weighted by atomic mass is 16.3. The lowest BCUT2D eigenvalue weighted by atomic mass is 9.93. The van der Waals surface area contributed by atoms with Gasteiger partial charge < -0.3 is 4.42 Å². The van der Waals surface area contributed by atoms with Crippen LogP contribution >= 0.6 is 0 Å². The molecular weight excluding hydrogens is 623 g/mol. The molecule has 10 rings (SSSR count). The summed E-state index contributed by atoms with van der Waals surface area (Å²) >= 11 is 0. The minimum atomic E-state index is 0.629. The maximum Gasteiger partial charge on any atom is 0.164 e. The molecule has 238 valence electrons. The number of hydrogen-bond donors (Lipinski definition) is 0. The third-order valence-electron chi connectivity index (χ3n) is 9.70. The van der Waals surface area contributed by atoms with Crippen LogP contribution in [0.2, 0.25) is 0 Å². The Morgan fingerprint density at radius 2 is 0.882 bits per heavy atom. The van der Waals surface area contributed by atoms with Gasteiger partial charge in [0, 0.05) is 32.8 Å². The molecule has 0 aliphatic rings. The largest absolute Gasteiger partial charge is 0.455 e. The molecule has 0 aliphatic carbocycles. The van der Waals surface area contributed by atoms with E-state index in [0.29, 0.717) is 17.5 Å². The Labute approximate surface area is 294 Å². The fourth-order valence-corrected chi connectivity index (χ4v) is 7.12. The molecule has 0 atom stereocenters. The standard InChI is InChI=1S/C47H29N3O/c1-3-11-30(12-4-1)36-24-25-37-29-40(43-39-17-9-10-18-42(39)51-44(43)41(37)28-36)32-20-22-34(23-21-32)46-48-45(33-14-5-2-6-15-33)49-47(50-46)38-26-19-31-13-7-8-16-35(31)27-38/h1-29H. The third kappa shape index (κ3) is 5.13. The summed E-state index contributed by atoms with van der Waals surface area (Å²) in [7, 11) is 0. The van der Waals surface area contributed by atoms with Crippen molar-refractivity contribution >= 4 is 43.5 Å². The Balaban J connectivity index is 1.11. The monoisotopic (exact) mass is 651 g/mol. The maximum atomic E-state index is 6.62. The average molecular weight is 652 g/mol. The number of para-hydroxylation sites is 1. The summed E-state index contributed by atoms with van der Waals surface area (Å²) in [6.45, 7) is 0. The maximum absolute atomic E-state index is 6.62. The van der Waals surface area contributed by atoms with Crippen LogP contribution in [0.15, 0.2) is 180 Å². The lowest BCUT2D eigenvalue weighted by Crippen LogP contribution is -2.00. The molecule has 0 spiro atoms. The lowest BCUT2D eigenvalue weighted by molar-refractivity contribution is 0.673. The van der Waals surface area contributed by atoms with Crippen LogP contribution in [0.1, 0.15) is 0 Å². The molecule has 0 amide bonds. The van der Waals surface area contributed by atoms with Crippen LogP contribution in [0.25, 0.3) is 99.9 Å². The summed E-state index contributed by atoms with van der Waals surface area (Å²) in [6.07, 6.45) is 0. The molecule has 2 aromatic heterocycles. The first-order valence-corrected chi connectivity index (χ1v) is 17.1. The quantitative estimate of drug-likeness (QED) is 0.186. The van der Waals surface area contributed by atoms with Gasteiger partial charge in [-0.2, -0.15) is 0 Å². The summed E-state index contributed by atoms with van der Waals surface area (Å²) in [6, 6.07) is 61.1. The summed E-state index contributed by atoms with van der Waals surface area (Å²) in [4.78, 5) is 15.0. The third-order valence-corrected chi connectivity index (χ3v) is 9.70. The van der Waals surface area contributed by atoms with Gasteiger partial charge >= 0.3 is 0 Å². The summed E-state index contributed by atoms with van der Waals surface area (Å²) in [5, 5.41) is 6.77. The lowest BCUT2D eigenvalue weighted by Gasteiger charge is -2.11. The fourth-order valence-electron chi connectivity index (χ4n) is 7.12. The van der Waals surface area contributed by atoms with Gasteiger partial charge in [-0.05, 0) is 62.7 Å². The molecular formula is C47H29N3O. The second kappa shape index (κ2) is 11.9. The van der Waals surface area contributed by atoms with Crippen molar-refractivity contribution in [3.8, 4) is 56.4 Å². The predicted molar refractivity (Wildman–Crippen MR) is 209 cm³/mol. The zero-order valence-electron chi connectivity index (χ0n) is 27.5. The molecule has 0 radical (unpaired) electrons. The van der Waals surface area contributed by atoms with Crippen molar-refractivity contribution in [1.29, 1.82) is 0 Å². The van der Waals surface area contributed by atoms with Crippen LogP contribution in [0.3, 0.4) is 0 Å². The van der Waals surface area contributed by atoms with Crippen LogP contribution in [0.4, 0.5) is 0 Å². The van der Waals surface area contributed by atoms with Gasteiger partial charge in [-0.25, -0.2) is 15.0 Å². The van der Waals surface area contributed by atoms with E-state index in [4.69, 9.17) is 19.4 Å². The number of furan rings is 1. The average Bonchev–Trinajstić information content (AvgIpc) is 3.61. The molecule has 4 heteroatoms. The Kier molecular flexibility index (Phi) is 6.78. The highest BCUT2D eigenvalue weighted by molar-refractivity contribution is 6.21. The normalized spacial score (nSPS) is 11.5. The van der Waals surface area contributed by atoms with Crippen molar-refractivity contribution in [1.82, 2.24) is 15.0 Å². The second-order valence-electron chi connectivity index (χ2n) is 12.8. The minimum Gasteiger partial charge on any atom is -0.455 e. The van der Waals surface area contributed by atoms with E-state index in [9.17, 15) is 0 Å². The van der Waals surface area contributed by atoms with Crippen LogP contribution in [0.5, 0.6) is 0 Å². The highest BCUT2D eigenvalue weighted by Crippen LogP contribution is 2.42. The molecule has 0 fully saturated rings. The SMILES string of the molecule is c1ccc(-c2ccc3cc(-c4ccc(-c5nc(-c6ccccc6)nc(-c6ccc7ccccc7c6)n5)cc4)c4c5ccccc5oc4c3c2)cc1. The fraction of sp³-hybridized carbons (Fsp3) is 0. The van der Waals surface area contributed by atoms with Gasteiger partial charge in [-0.15, -0.1) is 0 Å². The van der Waals surface area contributed by atoms with Gasteiger partial charge in [-0.1, -0.05) is 152 Å². The van der Waals surface area contributed by atoms with E-state index in [-0.39, 0.29) is 0 Å². The molecule has 51 heavy (non-hydrogen) atoms. The summed E-state index contributed by atoms with van der Waals surface area (Å²) in [5.74, 6) is 1.91. The minimum absolute atomic E-state index is 0.629. The smallest absolute Gasteiger partial charge is 0.164 e. The van der Waals surface area contributed by atoms with Crippen molar-refractivity contribution in [2.24, 2.45) is 0 Å². The van der Waals surface area contributed by atoms with Crippen LogP contribution < -0.4 is 0 Å². The zero-order valence-corrected chi connectivity index (χ0v) is 27.5. The van der Waals surface area contributed by atoms with Crippen molar-refractivity contribution < 1.29 is 4.42 Å². The molecule has 10 aromatic rings. The van der Waals surface area contributed by atoms with E-state index in [0.717, 1.165) is 71.5 Å². The van der Waals surface area contributed by atoms with Gasteiger partial charge in [-0.3, -0.25) is 0 Å². The molecule has 0 N–H and O–H groups in total. The Morgan fingerprint density at radius 3 is 1.65 bits per heavy atom. The first kappa shape index (κ1) is 29.0. The van der Waals surface area contributed by atoms with Crippen molar-refractivity contribution in [3.63, 3.8) is 0 Å². The number of fused-ring (bicyclic) bond motifs is 6. The molecule has 0 aliphatic heterocycles. The number of benzene rings is 8. The Bertz CT molecular complexity index is 2900. The van der Waals surface area contributed by atoms with Gasteiger partial charge in [0.25, 0.3) is 0 Å². The van der Waals surface area contributed by atoms with Gasteiger partial charge in [0.05, 0.1) is 0 Å². The molecule has 8 aromatic carbocycles. The van der Waals surface area contributed by atoms with Crippen molar-refractivity contribution in [2.45, 2.75) is 0 Å². The van der Waals surface area contributed by atoms with Crippen LogP contribution in [0, 0.1) is 0 Å². The van der Waals surface area contributed by atoms with Crippen LogP contribution in [-0.2, 0) is 0 Å². The van der Waals surface area contributed by atoms with E-state index in [1.165, 1.54) is 10.9 Å². The molecule has 0 unspecified atom stereocenters. The molecule has 0 bridgehead atoms. The predicted octanol–water partition coefficient (Wildman–Crippen LogP) is 12.4. The topological polar surface area (TPSA) is 51.8 Å². The van der Waals surface area contributed by atoms with E-state index in [1.54, 1.807) is 0 Å². The van der Waals surface area contributed by atoms with Crippen LogP contribution in [-0.4, -0.2) is 15.0 Å². The first-order chi connectivity index (χ1) is 25.2. The van der Waals surface area contributed by atoms with E-state index in [1.807, 2.05) is 48.5 Å². The number of nitrogens with zero attached hydrogens (tertiary/aromatic N) is 3. The van der Waals surface area contributed by atoms with Crippen molar-refractivity contribution in [3.05, 3.63) is 176 Å². The Morgan fingerprint density at radius 1 is 0.333 bits per heavy atom. The van der Waals surface area contributed by atoms with E-state index in [2.05, 4.69) is 127 Å². The van der Waals surface area contributed by atoms with E-state index < -0.39 is 0 Å². The summed E-state index contributed by atoms with van der Waals surface area (Å²) < 4.78 is 6.62. The molecule has 2 heterocycles. The van der Waals surface area contributed by atoms with Crippen molar-refractivity contribution in [2.75, 3.05) is 0 Å². The number of rotatable bonds is 5. The van der Waals surface area contributed by atoms with Gasteiger partial charge in [0.1, 0.15) is 11.2 Å². The first-order valence-electron chi connectivity index (χ1n) is 17.1. The second-order valence-corrected chi connectivity index (χ2v) is 12.8. The molecule has 0 saturated carbocycles. The summed E-state index contributed by atoms with van der Waals surface area (Å²) in [5.41, 5.74) is 9.15. The van der Waals surface area contributed by atoms with Gasteiger partial charge in [0.2, 0.25) is 0 Å². The van der Waals surface area contributed by atoms with E-state index >= 15 is 0 Å². The number of hydrogen-bond acceptors (Lipinski definition) is 4.